The van der Waals surface area contributed by atoms with E-state index in [4.69, 9.17) is 4.84 Å². The van der Waals surface area contributed by atoms with Crippen molar-refractivity contribution in [3.63, 3.8) is 0 Å². The molecule has 2 heteroatoms. The molecule has 1 aromatic rings. The Bertz CT molecular complexity index is 338. The van der Waals surface area contributed by atoms with Gasteiger partial charge >= 0.3 is 0 Å². The average molecular weight is 217 g/mol. The van der Waals surface area contributed by atoms with Crippen LogP contribution in [0.3, 0.4) is 0 Å². The van der Waals surface area contributed by atoms with Crippen molar-refractivity contribution in [3.05, 3.63) is 35.9 Å². The Kier molecular flexibility index (Phi) is 2.94. The topological polar surface area (TPSA) is 21.3 Å². The van der Waals surface area contributed by atoms with Crippen molar-refractivity contribution in [2.45, 2.75) is 44.2 Å². The van der Waals surface area contributed by atoms with Gasteiger partial charge in [0.05, 0.1) is 12.1 Å². The summed E-state index contributed by atoms with van der Waals surface area (Å²) in [5.74, 6) is 0.764. The minimum Gasteiger partial charge on any atom is -0.298 e. The van der Waals surface area contributed by atoms with Crippen LogP contribution in [0.5, 0.6) is 0 Å². The lowest BCUT2D eigenvalue weighted by Gasteiger charge is -2.39. The molecule has 3 unspecified atom stereocenters. The normalized spacial score (nSPS) is 34.4. The molecule has 0 spiro atoms. The van der Waals surface area contributed by atoms with Crippen LogP contribution in [0.2, 0.25) is 0 Å². The summed E-state index contributed by atoms with van der Waals surface area (Å²) in [7, 11) is 0. The van der Waals surface area contributed by atoms with Gasteiger partial charge in [0.2, 0.25) is 0 Å². The third-order valence-electron chi connectivity index (χ3n) is 3.94. The van der Waals surface area contributed by atoms with Gasteiger partial charge in [-0.1, -0.05) is 43.2 Å². The molecule has 1 aromatic carbocycles. The number of benzene rings is 1. The van der Waals surface area contributed by atoms with Crippen LogP contribution in [-0.4, -0.2) is 6.10 Å². The van der Waals surface area contributed by atoms with E-state index in [1.165, 1.54) is 37.7 Å². The molecule has 1 aliphatic carbocycles. The molecule has 0 radical (unpaired) electrons. The summed E-state index contributed by atoms with van der Waals surface area (Å²) in [6.45, 7) is 0. The fraction of sp³-hybridized carbons (Fsp3) is 0.571. The van der Waals surface area contributed by atoms with Crippen molar-refractivity contribution >= 4 is 0 Å². The van der Waals surface area contributed by atoms with E-state index in [9.17, 15) is 0 Å². The Morgan fingerprint density at radius 3 is 2.75 bits per heavy atom. The Morgan fingerprint density at radius 1 is 1.06 bits per heavy atom. The number of hydrogen-bond donors (Lipinski definition) is 1. The third kappa shape index (κ3) is 2.00. The van der Waals surface area contributed by atoms with E-state index in [-0.39, 0.29) is 0 Å². The van der Waals surface area contributed by atoms with Gasteiger partial charge in [-0.3, -0.25) is 4.84 Å². The maximum Gasteiger partial charge on any atom is 0.0819 e. The Hall–Kier alpha value is -0.860. The summed E-state index contributed by atoms with van der Waals surface area (Å²) in [6, 6.07) is 11.0. The van der Waals surface area contributed by atoms with E-state index in [2.05, 4.69) is 35.8 Å². The molecule has 0 aromatic heterocycles. The van der Waals surface area contributed by atoms with Crippen LogP contribution in [0.1, 0.15) is 43.7 Å². The number of fused-ring (bicyclic) bond motifs is 1. The van der Waals surface area contributed by atoms with Crippen molar-refractivity contribution in [1.29, 1.82) is 0 Å². The molecule has 3 rings (SSSR count). The van der Waals surface area contributed by atoms with Gasteiger partial charge in [-0.05, 0) is 30.7 Å². The summed E-state index contributed by atoms with van der Waals surface area (Å²) < 4.78 is 0. The van der Waals surface area contributed by atoms with E-state index in [1.807, 2.05) is 0 Å². The second-order valence-electron chi connectivity index (χ2n) is 5.02. The molecule has 1 heterocycles. The standard InChI is InChI=1S/C14H19NO/c1-2-6-11(7-3-1)13-10-12-8-4-5-9-14(12)16-15-13/h1-3,6-7,12-15H,4-5,8-10H2. The highest BCUT2D eigenvalue weighted by molar-refractivity contribution is 5.19. The van der Waals surface area contributed by atoms with Crippen LogP contribution in [-0.2, 0) is 4.84 Å². The number of nitrogens with one attached hydrogen (secondary N) is 1. The van der Waals surface area contributed by atoms with Crippen LogP contribution in [0.4, 0.5) is 0 Å². The number of hydrogen-bond acceptors (Lipinski definition) is 2. The SMILES string of the molecule is c1ccc(C2CC3CCCCC3ON2)cc1. The Labute approximate surface area is 97.0 Å². The zero-order chi connectivity index (χ0) is 10.8. The first-order valence-corrected chi connectivity index (χ1v) is 6.39. The predicted octanol–water partition coefficient (Wildman–Crippen LogP) is 3.21. The van der Waals surface area contributed by atoms with E-state index < -0.39 is 0 Å². The zero-order valence-electron chi connectivity index (χ0n) is 9.56. The molecule has 1 saturated heterocycles. The summed E-state index contributed by atoms with van der Waals surface area (Å²) in [5, 5.41) is 0. The van der Waals surface area contributed by atoms with Crippen molar-refractivity contribution in [1.82, 2.24) is 5.48 Å². The molecular weight excluding hydrogens is 198 g/mol. The summed E-state index contributed by atoms with van der Waals surface area (Å²) in [4.78, 5) is 5.80. The van der Waals surface area contributed by atoms with Crippen molar-refractivity contribution < 1.29 is 4.84 Å². The minimum absolute atomic E-state index is 0.389. The van der Waals surface area contributed by atoms with Gasteiger partial charge in [-0.2, -0.15) is 5.48 Å². The molecule has 2 aliphatic rings. The van der Waals surface area contributed by atoms with E-state index in [0.717, 1.165) is 5.92 Å². The second kappa shape index (κ2) is 4.56. The van der Waals surface area contributed by atoms with Crippen LogP contribution in [0.25, 0.3) is 0 Å². The minimum atomic E-state index is 0.389. The molecule has 3 atom stereocenters. The molecule has 2 nitrogen and oxygen atoms in total. The maximum absolute atomic E-state index is 5.80. The molecule has 1 saturated carbocycles. The highest BCUT2D eigenvalue weighted by Gasteiger charge is 2.33. The second-order valence-corrected chi connectivity index (χ2v) is 5.02. The molecule has 1 aliphatic heterocycles. The Morgan fingerprint density at radius 2 is 1.88 bits per heavy atom. The largest absolute Gasteiger partial charge is 0.298 e. The molecular formula is C14H19NO. The molecule has 86 valence electrons. The molecule has 0 amide bonds. The van der Waals surface area contributed by atoms with Crippen molar-refractivity contribution in [3.8, 4) is 0 Å². The lowest BCUT2D eigenvalue weighted by Crippen LogP contribution is -2.42. The van der Waals surface area contributed by atoms with Gasteiger partial charge in [-0.25, -0.2) is 0 Å². The fourth-order valence-corrected chi connectivity index (χ4v) is 3.01. The smallest absolute Gasteiger partial charge is 0.0819 e. The quantitative estimate of drug-likeness (QED) is 0.780. The number of rotatable bonds is 1. The van der Waals surface area contributed by atoms with Crippen LogP contribution in [0.15, 0.2) is 30.3 Å². The third-order valence-corrected chi connectivity index (χ3v) is 3.94. The lowest BCUT2D eigenvalue weighted by molar-refractivity contribution is -0.127. The highest BCUT2D eigenvalue weighted by Crippen LogP contribution is 2.37. The van der Waals surface area contributed by atoms with E-state index >= 15 is 0 Å². The molecule has 2 fully saturated rings. The van der Waals surface area contributed by atoms with E-state index in [1.54, 1.807) is 0 Å². The lowest BCUT2D eigenvalue weighted by atomic mass is 9.80. The molecule has 0 bridgehead atoms. The summed E-state index contributed by atoms with van der Waals surface area (Å²) >= 11 is 0. The van der Waals surface area contributed by atoms with Crippen LogP contribution in [0, 0.1) is 5.92 Å². The highest BCUT2D eigenvalue weighted by atomic mass is 16.7. The predicted molar refractivity (Wildman–Crippen MR) is 63.8 cm³/mol. The van der Waals surface area contributed by atoms with Crippen LogP contribution < -0.4 is 5.48 Å². The van der Waals surface area contributed by atoms with Crippen LogP contribution >= 0.6 is 0 Å². The summed E-state index contributed by atoms with van der Waals surface area (Å²) in [5.41, 5.74) is 4.59. The fourth-order valence-electron chi connectivity index (χ4n) is 3.01. The molecule has 16 heavy (non-hydrogen) atoms. The van der Waals surface area contributed by atoms with Gasteiger partial charge in [0, 0.05) is 0 Å². The zero-order valence-corrected chi connectivity index (χ0v) is 9.56. The number of hydroxylamine groups is 1. The maximum atomic E-state index is 5.80. The first-order chi connectivity index (χ1) is 7.93. The van der Waals surface area contributed by atoms with Gasteiger partial charge in [0.15, 0.2) is 0 Å². The Balaban J connectivity index is 1.71. The van der Waals surface area contributed by atoms with Crippen molar-refractivity contribution in [2.75, 3.05) is 0 Å². The monoisotopic (exact) mass is 217 g/mol. The first kappa shape index (κ1) is 10.3. The van der Waals surface area contributed by atoms with E-state index in [0.29, 0.717) is 12.1 Å². The van der Waals surface area contributed by atoms with Crippen molar-refractivity contribution in [2.24, 2.45) is 5.92 Å². The van der Waals surface area contributed by atoms with Gasteiger partial charge < -0.3 is 0 Å². The average Bonchev–Trinajstić information content (AvgIpc) is 2.39. The van der Waals surface area contributed by atoms with Gasteiger partial charge in [0.1, 0.15) is 0 Å². The first-order valence-electron chi connectivity index (χ1n) is 6.39. The molecule has 1 N–H and O–H groups in total. The summed E-state index contributed by atoms with van der Waals surface area (Å²) in [6.07, 6.45) is 6.99. The van der Waals surface area contributed by atoms with Gasteiger partial charge in [-0.15, -0.1) is 0 Å². The van der Waals surface area contributed by atoms with Gasteiger partial charge in [0.25, 0.3) is 0 Å².